The van der Waals surface area contributed by atoms with E-state index in [-0.39, 0.29) is 18.3 Å². The molecule has 0 amide bonds. The molecule has 1 heterocycles. The minimum Gasteiger partial charge on any atom is -0.494 e. The van der Waals surface area contributed by atoms with Gasteiger partial charge in [-0.3, -0.25) is 0 Å². The minimum absolute atomic E-state index is 0.335. The molecule has 0 aliphatic carbocycles. The number of benzene rings is 1. The van der Waals surface area contributed by atoms with E-state index in [0.717, 1.165) is 16.8 Å². The first kappa shape index (κ1) is 17.4. The number of hydrogen-bond donors (Lipinski definition) is 1. The predicted octanol–water partition coefficient (Wildman–Crippen LogP) is 4.03. The average molecular weight is 320 g/mol. The standard InChI is InChI=1S/C17H25BO3S/c1-6-19-15-9-7-13(8-10-15)11-14(12-22)18-20-16(2,3)17(4,5)21-18/h7-11,22H,6,12H2,1-5H3. The summed E-state index contributed by atoms with van der Waals surface area (Å²) in [4.78, 5) is 0. The second-order valence-corrected chi connectivity index (χ2v) is 6.78. The van der Waals surface area contributed by atoms with Crippen LogP contribution in [0.2, 0.25) is 0 Å². The van der Waals surface area contributed by atoms with Crippen molar-refractivity contribution in [2.24, 2.45) is 0 Å². The van der Waals surface area contributed by atoms with E-state index in [1.54, 1.807) is 0 Å². The van der Waals surface area contributed by atoms with Crippen LogP contribution in [0.5, 0.6) is 5.75 Å². The van der Waals surface area contributed by atoms with Crippen molar-refractivity contribution < 1.29 is 14.0 Å². The van der Waals surface area contributed by atoms with Crippen LogP contribution in [0.15, 0.2) is 29.7 Å². The molecule has 1 fully saturated rings. The van der Waals surface area contributed by atoms with Crippen molar-refractivity contribution in [1.29, 1.82) is 0 Å². The molecule has 120 valence electrons. The van der Waals surface area contributed by atoms with Gasteiger partial charge in [0.1, 0.15) is 5.75 Å². The molecular weight excluding hydrogens is 295 g/mol. The van der Waals surface area contributed by atoms with Gasteiger partial charge in [-0.15, -0.1) is 0 Å². The van der Waals surface area contributed by atoms with Crippen LogP contribution in [-0.4, -0.2) is 30.7 Å². The highest BCUT2D eigenvalue weighted by Gasteiger charge is 2.52. The van der Waals surface area contributed by atoms with Crippen molar-refractivity contribution >= 4 is 25.8 Å². The Morgan fingerprint density at radius 3 is 2.14 bits per heavy atom. The molecule has 1 aliphatic rings. The molecule has 0 N–H and O–H groups in total. The Balaban J connectivity index is 2.18. The summed E-state index contributed by atoms with van der Waals surface area (Å²) in [6, 6.07) is 7.99. The summed E-state index contributed by atoms with van der Waals surface area (Å²) in [5, 5.41) is 0. The highest BCUT2D eigenvalue weighted by atomic mass is 32.1. The van der Waals surface area contributed by atoms with E-state index in [4.69, 9.17) is 14.0 Å². The number of ether oxygens (including phenoxy) is 1. The zero-order chi connectivity index (χ0) is 16.4. The summed E-state index contributed by atoms with van der Waals surface area (Å²) in [5.41, 5.74) is 1.44. The van der Waals surface area contributed by atoms with Gasteiger partial charge in [-0.1, -0.05) is 18.2 Å². The van der Waals surface area contributed by atoms with Crippen LogP contribution in [0.3, 0.4) is 0 Å². The summed E-state index contributed by atoms with van der Waals surface area (Å²) in [7, 11) is -0.353. The fourth-order valence-electron chi connectivity index (χ4n) is 2.22. The van der Waals surface area contributed by atoms with Gasteiger partial charge in [0.2, 0.25) is 0 Å². The fraction of sp³-hybridized carbons (Fsp3) is 0.529. The normalized spacial score (nSPS) is 20.3. The molecule has 5 heteroatoms. The smallest absolute Gasteiger partial charge is 0.491 e. The van der Waals surface area contributed by atoms with Crippen molar-refractivity contribution in [3.8, 4) is 5.75 Å². The van der Waals surface area contributed by atoms with Gasteiger partial charge in [-0.05, 0) is 57.8 Å². The molecule has 2 rings (SSSR count). The van der Waals surface area contributed by atoms with Gasteiger partial charge in [0, 0.05) is 5.75 Å². The lowest BCUT2D eigenvalue weighted by Gasteiger charge is -2.32. The van der Waals surface area contributed by atoms with Gasteiger partial charge in [-0.25, -0.2) is 0 Å². The zero-order valence-electron chi connectivity index (χ0n) is 14.1. The first-order chi connectivity index (χ1) is 10.3. The molecule has 0 radical (unpaired) electrons. The van der Waals surface area contributed by atoms with Crippen molar-refractivity contribution in [2.45, 2.75) is 45.8 Å². The minimum atomic E-state index is -0.353. The maximum absolute atomic E-state index is 6.09. The van der Waals surface area contributed by atoms with Gasteiger partial charge in [0.15, 0.2) is 0 Å². The van der Waals surface area contributed by atoms with Crippen molar-refractivity contribution in [3.05, 3.63) is 35.3 Å². The highest BCUT2D eigenvalue weighted by molar-refractivity contribution is 7.80. The van der Waals surface area contributed by atoms with Gasteiger partial charge < -0.3 is 14.0 Å². The largest absolute Gasteiger partial charge is 0.494 e. The third-order valence-corrected chi connectivity index (χ3v) is 4.65. The monoisotopic (exact) mass is 320 g/mol. The van der Waals surface area contributed by atoms with Crippen LogP contribution in [0, 0.1) is 0 Å². The summed E-state index contributed by atoms with van der Waals surface area (Å²) >= 11 is 4.44. The van der Waals surface area contributed by atoms with Crippen LogP contribution in [0.1, 0.15) is 40.2 Å². The Labute approximate surface area is 139 Å². The first-order valence-electron chi connectivity index (χ1n) is 7.69. The van der Waals surface area contributed by atoms with Crippen LogP contribution < -0.4 is 4.74 Å². The Hall–Kier alpha value is -0.905. The Kier molecular flexibility index (Phi) is 5.31. The van der Waals surface area contributed by atoms with E-state index in [2.05, 4.69) is 46.4 Å². The average Bonchev–Trinajstić information content (AvgIpc) is 2.67. The van der Waals surface area contributed by atoms with Gasteiger partial charge >= 0.3 is 7.12 Å². The van der Waals surface area contributed by atoms with Crippen molar-refractivity contribution in [1.82, 2.24) is 0 Å². The zero-order valence-corrected chi connectivity index (χ0v) is 14.9. The molecule has 1 aromatic carbocycles. The highest BCUT2D eigenvalue weighted by Crippen LogP contribution is 2.39. The van der Waals surface area contributed by atoms with E-state index in [1.807, 2.05) is 31.2 Å². The molecule has 0 bridgehead atoms. The fourth-order valence-corrected chi connectivity index (χ4v) is 2.46. The lowest BCUT2D eigenvalue weighted by Crippen LogP contribution is -2.41. The third kappa shape index (κ3) is 3.70. The molecule has 0 aromatic heterocycles. The first-order valence-corrected chi connectivity index (χ1v) is 8.32. The van der Waals surface area contributed by atoms with Crippen LogP contribution in [-0.2, 0) is 9.31 Å². The molecule has 22 heavy (non-hydrogen) atoms. The van der Waals surface area contributed by atoms with Crippen LogP contribution in [0.4, 0.5) is 0 Å². The molecular formula is C17H25BO3S. The van der Waals surface area contributed by atoms with Gasteiger partial charge in [0.05, 0.1) is 17.8 Å². The molecule has 1 aromatic rings. The molecule has 3 nitrogen and oxygen atoms in total. The van der Waals surface area contributed by atoms with E-state index >= 15 is 0 Å². The summed E-state index contributed by atoms with van der Waals surface area (Å²) in [6.07, 6.45) is 2.07. The molecule has 0 saturated carbocycles. The number of rotatable bonds is 5. The summed E-state index contributed by atoms with van der Waals surface area (Å²) < 4.78 is 17.6. The lowest BCUT2D eigenvalue weighted by atomic mass is 9.78. The molecule has 0 spiro atoms. The molecule has 1 aliphatic heterocycles. The number of thiol groups is 1. The Morgan fingerprint density at radius 2 is 1.68 bits per heavy atom. The second-order valence-electron chi connectivity index (χ2n) is 6.47. The predicted molar refractivity (Wildman–Crippen MR) is 95.5 cm³/mol. The van der Waals surface area contributed by atoms with Gasteiger partial charge in [-0.2, -0.15) is 12.6 Å². The topological polar surface area (TPSA) is 27.7 Å². The van der Waals surface area contributed by atoms with E-state index in [0.29, 0.717) is 12.4 Å². The molecule has 0 atom stereocenters. The van der Waals surface area contributed by atoms with E-state index < -0.39 is 0 Å². The molecule has 1 saturated heterocycles. The summed E-state index contributed by atoms with van der Waals surface area (Å²) in [5.74, 6) is 1.46. The van der Waals surface area contributed by atoms with E-state index in [1.165, 1.54) is 0 Å². The molecule has 0 unspecified atom stereocenters. The lowest BCUT2D eigenvalue weighted by molar-refractivity contribution is 0.00578. The van der Waals surface area contributed by atoms with Crippen molar-refractivity contribution in [3.63, 3.8) is 0 Å². The maximum Gasteiger partial charge on any atom is 0.491 e. The van der Waals surface area contributed by atoms with E-state index in [9.17, 15) is 0 Å². The maximum atomic E-state index is 6.09. The van der Waals surface area contributed by atoms with Crippen LogP contribution >= 0.6 is 12.6 Å². The van der Waals surface area contributed by atoms with Crippen molar-refractivity contribution in [2.75, 3.05) is 12.4 Å². The Morgan fingerprint density at radius 1 is 1.14 bits per heavy atom. The SMILES string of the molecule is CCOc1ccc(C=C(CS)B2OC(C)(C)C(C)(C)O2)cc1. The van der Waals surface area contributed by atoms with Gasteiger partial charge in [0.25, 0.3) is 0 Å². The third-order valence-electron chi connectivity index (χ3n) is 4.28. The van der Waals surface area contributed by atoms with Crippen LogP contribution in [0.25, 0.3) is 6.08 Å². The second kappa shape index (κ2) is 6.69. The number of hydrogen-bond acceptors (Lipinski definition) is 4. The Bertz CT molecular complexity index is 521. The summed E-state index contributed by atoms with van der Waals surface area (Å²) in [6.45, 7) is 10.9. The quantitative estimate of drug-likeness (QED) is 0.656.